The standard InChI is InChI=1S/C28H37N3O3/c1-21-26(19-30(17-22-15-16-22)18-24(32)20-33-28(2,3)4)27(34-25-13-9-6-10-14-25)31(29-21)23-11-7-5-8-12-23/h5-14,22,24,32H,15-20H2,1-4H3/t24-/m1/s1. The van der Waals surface area contributed by atoms with Crippen LogP contribution in [-0.2, 0) is 11.3 Å². The molecule has 0 bridgehead atoms. The van der Waals surface area contributed by atoms with Crippen LogP contribution in [0.4, 0.5) is 0 Å². The van der Waals surface area contributed by atoms with Crippen LogP contribution in [0.1, 0.15) is 44.9 Å². The van der Waals surface area contributed by atoms with Gasteiger partial charge in [-0.05, 0) is 70.7 Å². The molecule has 0 saturated heterocycles. The number of benzene rings is 2. The van der Waals surface area contributed by atoms with E-state index >= 15 is 0 Å². The van der Waals surface area contributed by atoms with Crippen molar-refractivity contribution in [2.75, 3.05) is 19.7 Å². The Bertz CT molecular complexity index is 1040. The first kappa shape index (κ1) is 24.5. The number of nitrogens with zero attached hydrogens (tertiary/aromatic N) is 3. The molecule has 0 amide bonds. The Kier molecular flexibility index (Phi) is 7.71. The van der Waals surface area contributed by atoms with Crippen LogP contribution in [0.5, 0.6) is 11.6 Å². The van der Waals surface area contributed by atoms with Crippen LogP contribution in [0.15, 0.2) is 60.7 Å². The molecule has 1 aliphatic carbocycles. The molecule has 1 heterocycles. The first-order valence-electron chi connectivity index (χ1n) is 12.2. The van der Waals surface area contributed by atoms with Gasteiger partial charge in [0.2, 0.25) is 5.88 Å². The quantitative estimate of drug-likeness (QED) is 0.415. The van der Waals surface area contributed by atoms with Crippen molar-refractivity contribution >= 4 is 0 Å². The van der Waals surface area contributed by atoms with Crippen molar-refractivity contribution in [2.45, 2.75) is 58.8 Å². The lowest BCUT2D eigenvalue weighted by Gasteiger charge is -2.27. The molecule has 1 saturated carbocycles. The molecule has 182 valence electrons. The van der Waals surface area contributed by atoms with Gasteiger partial charge in [-0.25, -0.2) is 4.68 Å². The Hall–Kier alpha value is -2.67. The molecule has 0 unspecified atom stereocenters. The Balaban J connectivity index is 1.60. The maximum atomic E-state index is 10.7. The van der Waals surface area contributed by atoms with Gasteiger partial charge in [-0.3, -0.25) is 4.90 Å². The minimum absolute atomic E-state index is 0.271. The number of aryl methyl sites for hydroxylation is 1. The molecule has 1 N–H and O–H groups in total. The van der Waals surface area contributed by atoms with Crippen molar-refractivity contribution in [3.8, 4) is 17.3 Å². The Morgan fingerprint density at radius 1 is 1.06 bits per heavy atom. The van der Waals surface area contributed by atoms with Crippen LogP contribution in [0.2, 0.25) is 0 Å². The summed E-state index contributed by atoms with van der Waals surface area (Å²) in [5.41, 5.74) is 2.65. The summed E-state index contributed by atoms with van der Waals surface area (Å²) in [6.45, 7) is 10.5. The molecule has 1 fully saturated rings. The number of hydrogen-bond donors (Lipinski definition) is 1. The Morgan fingerprint density at radius 2 is 1.71 bits per heavy atom. The average Bonchev–Trinajstić information content (AvgIpc) is 3.58. The SMILES string of the molecule is Cc1nn(-c2ccccc2)c(Oc2ccccc2)c1CN(CC1CC1)C[C@@H](O)COC(C)(C)C. The van der Waals surface area contributed by atoms with Crippen LogP contribution < -0.4 is 4.74 Å². The van der Waals surface area contributed by atoms with Gasteiger partial charge in [0.25, 0.3) is 0 Å². The number of aliphatic hydroxyl groups is 1. The second kappa shape index (κ2) is 10.7. The third-order valence-electron chi connectivity index (χ3n) is 5.87. The van der Waals surface area contributed by atoms with Gasteiger partial charge in [-0.2, -0.15) is 5.10 Å². The van der Waals surface area contributed by atoms with Gasteiger partial charge in [0.15, 0.2) is 0 Å². The van der Waals surface area contributed by atoms with E-state index in [0.29, 0.717) is 25.6 Å². The highest BCUT2D eigenvalue weighted by Gasteiger charge is 2.28. The van der Waals surface area contributed by atoms with E-state index < -0.39 is 6.10 Å². The normalized spacial score (nSPS) is 15.0. The number of hydrogen-bond acceptors (Lipinski definition) is 5. The van der Waals surface area contributed by atoms with Crippen LogP contribution in [0, 0.1) is 12.8 Å². The van der Waals surface area contributed by atoms with Gasteiger partial charge in [0, 0.05) is 19.6 Å². The molecule has 1 atom stereocenters. The van der Waals surface area contributed by atoms with Crippen LogP contribution >= 0.6 is 0 Å². The summed E-state index contributed by atoms with van der Waals surface area (Å²) in [7, 11) is 0. The molecule has 2 aromatic carbocycles. The van der Waals surface area contributed by atoms with Crippen molar-refractivity contribution in [1.82, 2.24) is 14.7 Å². The third kappa shape index (κ3) is 6.92. The highest BCUT2D eigenvalue weighted by Crippen LogP contribution is 2.34. The molecule has 3 aromatic rings. The van der Waals surface area contributed by atoms with Gasteiger partial charge >= 0.3 is 0 Å². The third-order valence-corrected chi connectivity index (χ3v) is 5.87. The molecule has 1 aliphatic rings. The zero-order chi connectivity index (χ0) is 24.1. The molecule has 4 rings (SSSR count). The number of aromatic nitrogens is 2. The Morgan fingerprint density at radius 3 is 2.32 bits per heavy atom. The van der Waals surface area contributed by atoms with E-state index in [2.05, 4.69) is 4.90 Å². The summed E-state index contributed by atoms with van der Waals surface area (Å²) < 4.78 is 14.1. The maximum absolute atomic E-state index is 10.7. The number of aliphatic hydroxyl groups excluding tert-OH is 1. The van der Waals surface area contributed by atoms with Crippen LogP contribution in [-0.4, -0.2) is 51.2 Å². The second-order valence-electron chi connectivity index (χ2n) is 10.2. The molecule has 6 nitrogen and oxygen atoms in total. The van der Waals surface area contributed by atoms with Crippen molar-refractivity contribution in [3.63, 3.8) is 0 Å². The molecule has 1 aromatic heterocycles. The lowest BCUT2D eigenvalue weighted by atomic mass is 10.2. The van der Waals surface area contributed by atoms with E-state index in [1.807, 2.05) is 93.0 Å². The zero-order valence-corrected chi connectivity index (χ0v) is 20.8. The van der Waals surface area contributed by atoms with E-state index in [1.54, 1.807) is 0 Å². The number of rotatable bonds is 11. The summed E-state index contributed by atoms with van der Waals surface area (Å²) >= 11 is 0. The van der Waals surface area contributed by atoms with Crippen molar-refractivity contribution in [3.05, 3.63) is 71.9 Å². The summed E-state index contributed by atoms with van der Waals surface area (Å²) in [4.78, 5) is 2.32. The molecular weight excluding hydrogens is 426 g/mol. The highest BCUT2D eigenvalue weighted by atomic mass is 16.5. The minimum Gasteiger partial charge on any atom is -0.439 e. The monoisotopic (exact) mass is 463 g/mol. The van der Waals surface area contributed by atoms with E-state index in [4.69, 9.17) is 14.6 Å². The molecule has 0 radical (unpaired) electrons. The zero-order valence-electron chi connectivity index (χ0n) is 20.8. The van der Waals surface area contributed by atoms with Gasteiger partial charge in [-0.15, -0.1) is 0 Å². The number of ether oxygens (including phenoxy) is 2. The predicted octanol–water partition coefficient (Wildman–Crippen LogP) is 5.36. The summed E-state index contributed by atoms with van der Waals surface area (Å²) in [6.07, 6.45) is 1.95. The van der Waals surface area contributed by atoms with Crippen molar-refractivity contribution < 1.29 is 14.6 Å². The van der Waals surface area contributed by atoms with E-state index in [9.17, 15) is 5.11 Å². The predicted molar refractivity (Wildman–Crippen MR) is 135 cm³/mol. The lowest BCUT2D eigenvalue weighted by molar-refractivity contribution is -0.0569. The molecular formula is C28H37N3O3. The van der Waals surface area contributed by atoms with Gasteiger partial charge in [0.1, 0.15) is 5.75 Å². The fourth-order valence-electron chi connectivity index (χ4n) is 3.96. The van der Waals surface area contributed by atoms with E-state index in [0.717, 1.165) is 35.1 Å². The first-order chi connectivity index (χ1) is 16.3. The molecule has 0 spiro atoms. The molecule has 6 heteroatoms. The largest absolute Gasteiger partial charge is 0.439 e. The summed E-state index contributed by atoms with van der Waals surface area (Å²) in [6, 6.07) is 19.9. The second-order valence-corrected chi connectivity index (χ2v) is 10.2. The number of para-hydroxylation sites is 2. The highest BCUT2D eigenvalue weighted by molar-refractivity contribution is 5.43. The summed E-state index contributed by atoms with van der Waals surface area (Å²) in [5, 5.41) is 15.6. The average molecular weight is 464 g/mol. The fraction of sp³-hybridized carbons (Fsp3) is 0.464. The van der Waals surface area contributed by atoms with Gasteiger partial charge < -0.3 is 14.6 Å². The first-order valence-corrected chi connectivity index (χ1v) is 12.2. The van der Waals surface area contributed by atoms with Crippen molar-refractivity contribution in [1.29, 1.82) is 0 Å². The maximum Gasteiger partial charge on any atom is 0.227 e. The topological polar surface area (TPSA) is 59.8 Å². The fourth-order valence-corrected chi connectivity index (χ4v) is 3.96. The minimum atomic E-state index is -0.555. The van der Waals surface area contributed by atoms with Gasteiger partial charge in [-0.1, -0.05) is 36.4 Å². The summed E-state index contributed by atoms with van der Waals surface area (Å²) in [5.74, 6) is 2.18. The van der Waals surface area contributed by atoms with E-state index in [-0.39, 0.29) is 5.60 Å². The Labute approximate surface area is 203 Å². The van der Waals surface area contributed by atoms with Crippen LogP contribution in [0.25, 0.3) is 5.69 Å². The van der Waals surface area contributed by atoms with Crippen LogP contribution in [0.3, 0.4) is 0 Å². The molecule has 34 heavy (non-hydrogen) atoms. The van der Waals surface area contributed by atoms with Gasteiger partial charge in [0.05, 0.1) is 35.3 Å². The lowest BCUT2D eigenvalue weighted by Crippen LogP contribution is -2.37. The molecule has 0 aliphatic heterocycles. The smallest absolute Gasteiger partial charge is 0.227 e. The van der Waals surface area contributed by atoms with Crippen molar-refractivity contribution in [2.24, 2.45) is 5.92 Å². The van der Waals surface area contributed by atoms with E-state index in [1.165, 1.54) is 12.8 Å².